The summed E-state index contributed by atoms with van der Waals surface area (Å²) < 4.78 is 7.49. The molecule has 8 aromatic carbocycles. The van der Waals surface area contributed by atoms with E-state index in [1.54, 1.807) is 0 Å². The molecule has 3 heteroatoms. The number of hydrogen-bond donors (Lipinski definition) is 0. The Morgan fingerprint density at radius 3 is 1.80 bits per heavy atom. The van der Waals surface area contributed by atoms with Gasteiger partial charge in [-0.15, -0.1) is 11.3 Å². The lowest BCUT2D eigenvalue weighted by molar-refractivity contribution is 1.14. The summed E-state index contributed by atoms with van der Waals surface area (Å²) in [4.78, 5) is 0. The van der Waals surface area contributed by atoms with E-state index in [9.17, 15) is 0 Å². The fourth-order valence-electron chi connectivity index (χ4n) is 8.75. The second-order valence-corrected chi connectivity index (χ2v) is 15.5. The molecule has 11 aromatic rings. The van der Waals surface area contributed by atoms with Crippen molar-refractivity contribution in [3.8, 4) is 33.6 Å². The van der Waals surface area contributed by atoms with Crippen LogP contribution in [0.15, 0.2) is 176 Å². The van der Waals surface area contributed by atoms with E-state index in [-0.39, 0.29) is 0 Å². The normalized spacial score (nSPS) is 11.9. The molecule has 0 atom stereocenters. The number of aromatic nitrogens is 2. The maximum absolute atomic E-state index is 3.99. The zero-order chi connectivity index (χ0) is 36.6. The second-order valence-electron chi connectivity index (χ2n) is 14.5. The quantitative estimate of drug-likeness (QED) is 0.162. The number of nitrogens with zero attached hydrogens (tertiary/aromatic N) is 2. The van der Waals surface area contributed by atoms with Crippen molar-refractivity contribution < 1.29 is 0 Å². The van der Waals surface area contributed by atoms with E-state index in [2.05, 4.69) is 192 Å². The Morgan fingerprint density at radius 2 is 1.07 bits per heavy atom. The first-order valence-electron chi connectivity index (χ1n) is 19.0. The van der Waals surface area contributed by atoms with Gasteiger partial charge in [-0.2, -0.15) is 0 Å². The van der Waals surface area contributed by atoms with Crippen LogP contribution in [0.25, 0.3) is 103 Å². The van der Waals surface area contributed by atoms with Crippen molar-refractivity contribution in [2.24, 2.45) is 0 Å². The minimum absolute atomic E-state index is 1.03. The number of thiophene rings is 1. The van der Waals surface area contributed by atoms with Gasteiger partial charge in [0.05, 0.1) is 32.5 Å². The third kappa shape index (κ3) is 4.94. The molecule has 0 bridgehead atoms. The highest BCUT2D eigenvalue weighted by atomic mass is 32.1. The number of rotatable bonds is 6. The van der Waals surface area contributed by atoms with Crippen molar-refractivity contribution in [1.82, 2.24) is 9.13 Å². The number of aryl methyl sites for hydroxylation is 1. The van der Waals surface area contributed by atoms with Crippen LogP contribution in [0.4, 0.5) is 0 Å². The lowest BCUT2D eigenvalue weighted by atomic mass is 10.00. The number of fused-ring (bicyclic) bond motifs is 9. The van der Waals surface area contributed by atoms with Crippen LogP contribution in [-0.2, 0) is 6.42 Å². The summed E-state index contributed by atoms with van der Waals surface area (Å²) in [6.45, 7) is 6.21. The molecule has 3 heterocycles. The predicted molar refractivity (Wildman–Crippen MR) is 238 cm³/mol. The van der Waals surface area contributed by atoms with Gasteiger partial charge < -0.3 is 9.13 Å². The molecule has 2 nitrogen and oxygen atoms in total. The van der Waals surface area contributed by atoms with Gasteiger partial charge in [0.15, 0.2) is 0 Å². The van der Waals surface area contributed by atoms with Crippen LogP contribution in [0.2, 0.25) is 0 Å². The van der Waals surface area contributed by atoms with Gasteiger partial charge in [0.2, 0.25) is 0 Å². The minimum atomic E-state index is 1.03. The second kappa shape index (κ2) is 12.4. The third-order valence-electron chi connectivity index (χ3n) is 11.4. The van der Waals surface area contributed by atoms with Gasteiger partial charge in [0.25, 0.3) is 0 Å². The summed E-state index contributed by atoms with van der Waals surface area (Å²) in [5.41, 5.74) is 14.7. The van der Waals surface area contributed by atoms with E-state index in [4.69, 9.17) is 0 Å². The Balaban J connectivity index is 1.09. The fraction of sp³-hybridized carbons (Fsp3) is 0.0385. The Bertz CT molecular complexity index is 3330. The van der Waals surface area contributed by atoms with Crippen LogP contribution in [0.1, 0.15) is 18.1 Å². The molecule has 0 unspecified atom stereocenters. The zero-order valence-electron chi connectivity index (χ0n) is 30.5. The van der Waals surface area contributed by atoms with Crippen molar-refractivity contribution in [2.75, 3.05) is 0 Å². The third-order valence-corrected chi connectivity index (χ3v) is 12.6. The summed E-state index contributed by atoms with van der Waals surface area (Å²) >= 11 is 1.88. The molecule has 0 aliphatic rings. The lowest BCUT2D eigenvalue weighted by Gasteiger charge is -2.10. The van der Waals surface area contributed by atoms with Crippen molar-refractivity contribution in [2.45, 2.75) is 13.3 Å². The molecular weight excluding hydrogens is 685 g/mol. The monoisotopic (exact) mass is 720 g/mol. The molecule has 55 heavy (non-hydrogen) atoms. The average Bonchev–Trinajstić information content (AvgIpc) is 3.90. The van der Waals surface area contributed by atoms with Gasteiger partial charge in [-0.3, -0.25) is 0 Å². The van der Waals surface area contributed by atoms with Gasteiger partial charge in [-0.25, -0.2) is 0 Å². The molecule has 0 N–H and O–H groups in total. The Kier molecular flexibility index (Phi) is 7.20. The molecule has 0 amide bonds. The lowest BCUT2D eigenvalue weighted by Crippen LogP contribution is -1.94. The Hall–Kier alpha value is -6.68. The van der Waals surface area contributed by atoms with Gasteiger partial charge in [-0.1, -0.05) is 123 Å². The van der Waals surface area contributed by atoms with Crippen LogP contribution in [0.5, 0.6) is 0 Å². The van der Waals surface area contributed by atoms with Crippen molar-refractivity contribution >= 4 is 81.2 Å². The maximum Gasteiger partial charge on any atom is 0.0640 e. The van der Waals surface area contributed by atoms with Crippen LogP contribution in [0, 0.1) is 0 Å². The SMILES string of the molecule is C=Cc1cccc(-c2ccc3c(c2)c2ccccc2n3-c2cccc3c2sc2ccc(-n4c5ccccc5c5cc(-c6cccc(CC)c6)ccc54)cc23)c1. The molecule has 0 spiro atoms. The first-order chi connectivity index (χ1) is 27.2. The number of para-hydroxylation sites is 2. The maximum atomic E-state index is 3.99. The predicted octanol–water partition coefficient (Wildman–Crippen LogP) is 14.8. The number of hydrogen-bond acceptors (Lipinski definition) is 1. The highest BCUT2D eigenvalue weighted by molar-refractivity contribution is 7.26. The van der Waals surface area contributed by atoms with Crippen LogP contribution in [0.3, 0.4) is 0 Å². The summed E-state index contributed by atoms with van der Waals surface area (Å²) in [5, 5.41) is 7.62. The van der Waals surface area contributed by atoms with Crippen LogP contribution in [-0.4, -0.2) is 9.13 Å². The Labute approximate surface area is 323 Å². The molecule has 0 radical (unpaired) electrons. The highest BCUT2D eigenvalue weighted by Crippen LogP contribution is 2.43. The fourth-order valence-corrected chi connectivity index (χ4v) is 9.93. The molecule has 3 aromatic heterocycles. The first kappa shape index (κ1) is 31.8. The van der Waals surface area contributed by atoms with E-state index >= 15 is 0 Å². The van der Waals surface area contributed by atoms with Gasteiger partial charge in [0, 0.05) is 42.7 Å². The average molecular weight is 721 g/mol. The summed E-state index contributed by atoms with van der Waals surface area (Å²) in [6.07, 6.45) is 2.94. The molecule has 11 rings (SSSR count). The first-order valence-corrected chi connectivity index (χ1v) is 19.8. The molecular formula is C52H36N2S. The van der Waals surface area contributed by atoms with Crippen molar-refractivity contribution in [3.63, 3.8) is 0 Å². The molecule has 0 aliphatic heterocycles. The van der Waals surface area contributed by atoms with Gasteiger partial charge in [0.1, 0.15) is 0 Å². The molecule has 0 saturated heterocycles. The molecule has 0 aliphatic carbocycles. The largest absolute Gasteiger partial charge is 0.309 e. The molecule has 0 fully saturated rings. The van der Waals surface area contributed by atoms with Crippen LogP contribution >= 0.6 is 11.3 Å². The summed E-state index contributed by atoms with van der Waals surface area (Å²) in [6, 6.07) is 62.9. The Morgan fingerprint density at radius 1 is 0.473 bits per heavy atom. The van der Waals surface area contributed by atoms with Gasteiger partial charge >= 0.3 is 0 Å². The van der Waals surface area contributed by atoms with E-state index in [0.717, 1.165) is 12.0 Å². The smallest absolute Gasteiger partial charge is 0.0640 e. The summed E-state index contributed by atoms with van der Waals surface area (Å²) in [7, 11) is 0. The van der Waals surface area contributed by atoms with E-state index in [1.807, 2.05) is 17.4 Å². The van der Waals surface area contributed by atoms with Crippen molar-refractivity contribution in [1.29, 1.82) is 0 Å². The van der Waals surface area contributed by atoms with E-state index in [1.165, 1.54) is 103 Å². The molecule has 260 valence electrons. The molecule has 0 saturated carbocycles. The minimum Gasteiger partial charge on any atom is -0.309 e. The summed E-state index contributed by atoms with van der Waals surface area (Å²) in [5.74, 6) is 0. The standard InChI is InChI=1S/C52H36N2S/c1-3-33-12-9-14-35(28-33)37-22-25-48-43(30-37)40-16-5-7-19-46(40)53(48)39-24-27-51-45(32-39)42-18-11-21-50(52(42)55-51)54-47-20-8-6-17-41(47)44-31-38(23-26-49(44)54)36-15-10-13-34(4-2)29-36/h4-32H,2-3H2,1H3. The van der Waals surface area contributed by atoms with E-state index in [0.29, 0.717) is 0 Å². The topological polar surface area (TPSA) is 9.86 Å². The van der Waals surface area contributed by atoms with Crippen molar-refractivity contribution in [3.05, 3.63) is 188 Å². The van der Waals surface area contributed by atoms with E-state index < -0.39 is 0 Å². The zero-order valence-corrected chi connectivity index (χ0v) is 31.3. The number of benzene rings is 8. The highest BCUT2D eigenvalue weighted by Gasteiger charge is 2.19. The van der Waals surface area contributed by atoms with Crippen LogP contribution < -0.4 is 0 Å². The van der Waals surface area contributed by atoms with Gasteiger partial charge in [-0.05, 0) is 107 Å².